The molecule has 1 aliphatic rings. The first-order valence-electron chi connectivity index (χ1n) is 11.1. The second-order valence-corrected chi connectivity index (χ2v) is 8.51. The highest BCUT2D eigenvalue weighted by Gasteiger charge is 2.23. The van der Waals surface area contributed by atoms with E-state index in [1.54, 1.807) is 12.1 Å². The van der Waals surface area contributed by atoms with Gasteiger partial charge >= 0.3 is 0 Å². The molecular weight excluding hydrogens is 393 g/mol. The Kier molecular flexibility index (Phi) is 7.90. The monoisotopic (exact) mass is 429 g/mol. The molecule has 0 radical (unpaired) electrons. The van der Waals surface area contributed by atoms with Crippen molar-refractivity contribution in [1.29, 1.82) is 0 Å². The van der Waals surface area contributed by atoms with Crippen LogP contribution in [0.4, 0.5) is 10.1 Å². The Morgan fingerprint density at radius 2 is 2.19 bits per heavy atom. The highest BCUT2D eigenvalue weighted by atomic mass is 19.1. The molecule has 3 rings (SSSR count). The van der Waals surface area contributed by atoms with Crippen LogP contribution >= 0.6 is 0 Å². The minimum Gasteiger partial charge on any atom is -0.369 e. The van der Waals surface area contributed by atoms with Crippen molar-refractivity contribution in [2.45, 2.75) is 38.8 Å². The SMILES string of the molecule is CCNC(=NCC(c1cnn(C)c1)N(C)C)NC1CCCN(c2ccc(F)cc2C)C1. The summed E-state index contributed by atoms with van der Waals surface area (Å²) in [5, 5.41) is 11.3. The van der Waals surface area contributed by atoms with Gasteiger partial charge in [0.2, 0.25) is 0 Å². The first-order chi connectivity index (χ1) is 14.9. The second-order valence-electron chi connectivity index (χ2n) is 8.51. The van der Waals surface area contributed by atoms with Crippen LogP contribution in [0.15, 0.2) is 35.6 Å². The molecule has 2 N–H and O–H groups in total. The van der Waals surface area contributed by atoms with Crippen LogP contribution in [-0.2, 0) is 7.05 Å². The van der Waals surface area contributed by atoms with Gasteiger partial charge in [-0.1, -0.05) is 0 Å². The van der Waals surface area contributed by atoms with Gasteiger partial charge in [-0.3, -0.25) is 9.67 Å². The highest BCUT2D eigenvalue weighted by Crippen LogP contribution is 2.24. The zero-order valence-electron chi connectivity index (χ0n) is 19.4. The molecule has 1 aromatic heterocycles. The fourth-order valence-corrected chi connectivity index (χ4v) is 4.16. The number of benzene rings is 1. The molecule has 0 bridgehead atoms. The smallest absolute Gasteiger partial charge is 0.191 e. The highest BCUT2D eigenvalue weighted by molar-refractivity contribution is 5.80. The maximum Gasteiger partial charge on any atom is 0.191 e. The largest absolute Gasteiger partial charge is 0.369 e. The standard InChI is InChI=1S/C23H36FN7/c1-6-25-23(26-14-22(29(3)4)18-13-27-30(5)15-18)28-20-8-7-11-31(16-20)21-10-9-19(24)12-17(21)2/h9-10,12-13,15,20,22H,6-8,11,14,16H2,1-5H3,(H2,25,26,28). The summed E-state index contributed by atoms with van der Waals surface area (Å²) in [6.07, 6.45) is 6.12. The average Bonchev–Trinajstić information content (AvgIpc) is 3.14. The Balaban J connectivity index is 1.68. The van der Waals surface area contributed by atoms with E-state index in [1.807, 2.05) is 37.1 Å². The third-order valence-electron chi connectivity index (χ3n) is 5.76. The molecule has 8 heteroatoms. The van der Waals surface area contributed by atoms with E-state index in [2.05, 4.69) is 46.6 Å². The number of likely N-dealkylation sites (N-methyl/N-ethyl adjacent to an activating group) is 1. The van der Waals surface area contributed by atoms with Crippen molar-refractivity contribution in [1.82, 2.24) is 25.3 Å². The van der Waals surface area contributed by atoms with Crippen LogP contribution in [0.2, 0.25) is 0 Å². The van der Waals surface area contributed by atoms with Crippen LogP contribution in [0, 0.1) is 12.7 Å². The number of aryl methyl sites for hydroxylation is 2. The number of anilines is 1. The zero-order chi connectivity index (χ0) is 22.4. The summed E-state index contributed by atoms with van der Waals surface area (Å²) in [5.41, 5.74) is 3.24. The van der Waals surface area contributed by atoms with Crippen LogP contribution in [0.5, 0.6) is 0 Å². The maximum atomic E-state index is 13.5. The quantitative estimate of drug-likeness (QED) is 0.524. The normalized spacial score (nSPS) is 18.4. The van der Waals surface area contributed by atoms with Gasteiger partial charge in [0.15, 0.2) is 5.96 Å². The van der Waals surface area contributed by atoms with E-state index < -0.39 is 0 Å². The Bertz CT molecular complexity index is 877. The Hall–Kier alpha value is -2.61. The van der Waals surface area contributed by atoms with Crippen LogP contribution in [0.25, 0.3) is 0 Å². The van der Waals surface area contributed by atoms with Crippen molar-refractivity contribution in [2.75, 3.05) is 45.2 Å². The van der Waals surface area contributed by atoms with Crippen LogP contribution in [-0.4, -0.2) is 67.0 Å². The summed E-state index contributed by atoms with van der Waals surface area (Å²) in [4.78, 5) is 9.40. The predicted octanol–water partition coefficient (Wildman–Crippen LogP) is 2.69. The average molecular weight is 430 g/mol. The predicted molar refractivity (Wildman–Crippen MR) is 125 cm³/mol. The van der Waals surface area contributed by atoms with Crippen molar-refractivity contribution in [2.24, 2.45) is 12.0 Å². The summed E-state index contributed by atoms with van der Waals surface area (Å²) in [6.45, 7) is 7.36. The molecule has 2 aromatic rings. The van der Waals surface area contributed by atoms with Gasteiger partial charge < -0.3 is 20.4 Å². The van der Waals surface area contributed by atoms with Crippen LogP contribution < -0.4 is 15.5 Å². The second kappa shape index (κ2) is 10.6. The fraction of sp³-hybridized carbons (Fsp3) is 0.565. The van der Waals surface area contributed by atoms with Gasteiger partial charge in [-0.2, -0.15) is 5.10 Å². The lowest BCUT2D eigenvalue weighted by Crippen LogP contribution is -2.51. The third-order valence-corrected chi connectivity index (χ3v) is 5.76. The van der Waals surface area contributed by atoms with Gasteiger partial charge in [-0.25, -0.2) is 4.39 Å². The van der Waals surface area contributed by atoms with Gasteiger partial charge in [0.25, 0.3) is 0 Å². The van der Waals surface area contributed by atoms with Crippen LogP contribution in [0.3, 0.4) is 0 Å². The van der Waals surface area contributed by atoms with Gasteiger partial charge in [0.1, 0.15) is 5.82 Å². The number of nitrogens with one attached hydrogen (secondary N) is 2. The van der Waals surface area contributed by atoms with Crippen molar-refractivity contribution < 1.29 is 4.39 Å². The van der Waals surface area contributed by atoms with E-state index in [4.69, 9.17) is 4.99 Å². The number of guanidine groups is 1. The minimum atomic E-state index is -0.182. The van der Waals surface area contributed by atoms with E-state index in [0.717, 1.165) is 55.2 Å². The number of aromatic nitrogens is 2. The van der Waals surface area contributed by atoms with Gasteiger partial charge in [0.05, 0.1) is 18.8 Å². The lowest BCUT2D eigenvalue weighted by molar-refractivity contribution is 0.306. The summed E-state index contributed by atoms with van der Waals surface area (Å²) in [7, 11) is 6.07. The lowest BCUT2D eigenvalue weighted by atomic mass is 10.0. The molecular formula is C23H36FN7. The van der Waals surface area contributed by atoms with E-state index >= 15 is 0 Å². The zero-order valence-corrected chi connectivity index (χ0v) is 19.4. The fourth-order valence-electron chi connectivity index (χ4n) is 4.16. The summed E-state index contributed by atoms with van der Waals surface area (Å²) < 4.78 is 15.3. The van der Waals surface area contributed by atoms with Crippen LogP contribution in [0.1, 0.15) is 36.9 Å². The van der Waals surface area contributed by atoms with E-state index in [0.29, 0.717) is 6.54 Å². The number of nitrogens with zero attached hydrogens (tertiary/aromatic N) is 5. The van der Waals surface area contributed by atoms with Crippen molar-refractivity contribution in [3.05, 3.63) is 47.5 Å². The number of halogens is 1. The number of piperidine rings is 1. The first-order valence-corrected chi connectivity index (χ1v) is 11.1. The molecule has 7 nitrogen and oxygen atoms in total. The van der Waals surface area contributed by atoms with Gasteiger partial charge in [-0.15, -0.1) is 0 Å². The molecule has 31 heavy (non-hydrogen) atoms. The van der Waals surface area contributed by atoms with Crippen molar-refractivity contribution in [3.63, 3.8) is 0 Å². The van der Waals surface area contributed by atoms with Crippen molar-refractivity contribution >= 4 is 11.6 Å². The van der Waals surface area contributed by atoms with E-state index in [1.165, 1.54) is 0 Å². The molecule has 2 atom stereocenters. The first kappa shape index (κ1) is 23.1. The maximum absolute atomic E-state index is 13.5. The molecule has 0 saturated carbocycles. The van der Waals surface area contributed by atoms with E-state index in [9.17, 15) is 4.39 Å². The molecule has 0 amide bonds. The Morgan fingerprint density at radius 1 is 1.39 bits per heavy atom. The molecule has 170 valence electrons. The molecule has 1 aromatic carbocycles. The Morgan fingerprint density at radius 3 is 2.84 bits per heavy atom. The Labute approximate surface area is 185 Å². The van der Waals surface area contributed by atoms with E-state index in [-0.39, 0.29) is 17.9 Å². The molecule has 2 unspecified atom stereocenters. The third kappa shape index (κ3) is 6.19. The lowest BCUT2D eigenvalue weighted by Gasteiger charge is -2.36. The molecule has 0 spiro atoms. The van der Waals surface area contributed by atoms with Gasteiger partial charge in [-0.05, 0) is 64.5 Å². The molecule has 1 saturated heterocycles. The van der Waals surface area contributed by atoms with Gasteiger partial charge in [0, 0.05) is 50.2 Å². The van der Waals surface area contributed by atoms with Crippen molar-refractivity contribution in [3.8, 4) is 0 Å². The topological polar surface area (TPSA) is 60.7 Å². The summed E-state index contributed by atoms with van der Waals surface area (Å²) in [5.74, 6) is 0.652. The summed E-state index contributed by atoms with van der Waals surface area (Å²) in [6, 6.07) is 5.49. The molecule has 2 heterocycles. The molecule has 0 aliphatic carbocycles. The molecule has 1 aliphatic heterocycles. The number of aliphatic imine (C=N–C) groups is 1. The number of hydrogen-bond donors (Lipinski definition) is 2. The molecule has 1 fully saturated rings. The number of hydrogen-bond acceptors (Lipinski definition) is 4. The summed E-state index contributed by atoms with van der Waals surface area (Å²) >= 11 is 0. The number of rotatable bonds is 7. The minimum absolute atomic E-state index is 0.161.